The molecule has 18 heavy (non-hydrogen) atoms. The molecular weight excluding hydrogens is 226 g/mol. The van der Waals surface area contributed by atoms with Crippen molar-refractivity contribution >= 4 is 11.6 Å². The SMILES string of the molecule is COc1ccc(C)c(Nc2nccn2C(C)C)c1. The molecule has 0 aliphatic heterocycles. The van der Waals surface area contributed by atoms with E-state index in [0.29, 0.717) is 6.04 Å². The molecular formula is C14H19N3O. The van der Waals surface area contributed by atoms with E-state index in [-0.39, 0.29) is 0 Å². The molecule has 0 aliphatic carbocycles. The van der Waals surface area contributed by atoms with Gasteiger partial charge in [-0.2, -0.15) is 0 Å². The predicted molar refractivity (Wildman–Crippen MR) is 73.6 cm³/mol. The highest BCUT2D eigenvalue weighted by Gasteiger charge is 2.08. The van der Waals surface area contributed by atoms with E-state index in [1.54, 1.807) is 13.3 Å². The Labute approximate surface area is 108 Å². The average Bonchev–Trinajstić information content (AvgIpc) is 2.80. The van der Waals surface area contributed by atoms with Gasteiger partial charge in [0.15, 0.2) is 0 Å². The van der Waals surface area contributed by atoms with Crippen molar-refractivity contribution in [1.29, 1.82) is 0 Å². The van der Waals surface area contributed by atoms with Crippen LogP contribution in [-0.2, 0) is 0 Å². The molecule has 0 amide bonds. The van der Waals surface area contributed by atoms with Gasteiger partial charge in [-0.1, -0.05) is 6.07 Å². The zero-order valence-corrected chi connectivity index (χ0v) is 11.3. The standard InChI is InChI=1S/C14H19N3O/c1-10(2)17-8-7-15-14(17)16-13-9-12(18-4)6-5-11(13)3/h5-10H,1-4H3,(H,15,16). The number of hydrogen-bond donors (Lipinski definition) is 1. The Morgan fingerprint density at radius 1 is 1.33 bits per heavy atom. The number of aryl methyl sites for hydroxylation is 1. The van der Waals surface area contributed by atoms with Crippen molar-refractivity contribution < 1.29 is 4.74 Å². The van der Waals surface area contributed by atoms with E-state index in [9.17, 15) is 0 Å². The number of ether oxygens (including phenoxy) is 1. The quantitative estimate of drug-likeness (QED) is 0.895. The first-order valence-electron chi connectivity index (χ1n) is 6.06. The van der Waals surface area contributed by atoms with Crippen LogP contribution in [0.15, 0.2) is 30.6 Å². The monoisotopic (exact) mass is 245 g/mol. The van der Waals surface area contributed by atoms with Crippen molar-refractivity contribution in [3.63, 3.8) is 0 Å². The molecule has 0 spiro atoms. The Morgan fingerprint density at radius 2 is 2.11 bits per heavy atom. The summed E-state index contributed by atoms with van der Waals surface area (Å²) in [6.45, 7) is 6.32. The van der Waals surface area contributed by atoms with Crippen LogP contribution in [-0.4, -0.2) is 16.7 Å². The first kappa shape index (κ1) is 12.5. The Balaban J connectivity index is 2.30. The lowest BCUT2D eigenvalue weighted by Crippen LogP contribution is -2.06. The summed E-state index contributed by atoms with van der Waals surface area (Å²) in [7, 11) is 1.67. The fourth-order valence-corrected chi connectivity index (χ4v) is 1.81. The number of benzene rings is 1. The second-order valence-corrected chi connectivity index (χ2v) is 4.56. The van der Waals surface area contributed by atoms with Gasteiger partial charge in [0.25, 0.3) is 0 Å². The lowest BCUT2D eigenvalue weighted by Gasteiger charge is -2.14. The molecule has 0 atom stereocenters. The van der Waals surface area contributed by atoms with E-state index in [1.165, 1.54) is 0 Å². The van der Waals surface area contributed by atoms with Crippen molar-refractivity contribution in [3.8, 4) is 5.75 Å². The Hall–Kier alpha value is -1.97. The number of nitrogens with one attached hydrogen (secondary N) is 1. The summed E-state index contributed by atoms with van der Waals surface area (Å²) in [5.41, 5.74) is 2.18. The summed E-state index contributed by atoms with van der Waals surface area (Å²) in [4.78, 5) is 4.34. The van der Waals surface area contributed by atoms with Crippen molar-refractivity contribution in [3.05, 3.63) is 36.2 Å². The first-order chi connectivity index (χ1) is 8.61. The van der Waals surface area contributed by atoms with Crippen LogP contribution in [0.25, 0.3) is 0 Å². The van der Waals surface area contributed by atoms with Gasteiger partial charge in [-0.15, -0.1) is 0 Å². The molecule has 0 fully saturated rings. The molecule has 0 saturated carbocycles. The fourth-order valence-electron chi connectivity index (χ4n) is 1.81. The number of hydrogen-bond acceptors (Lipinski definition) is 3. The molecule has 2 rings (SSSR count). The molecule has 4 nitrogen and oxygen atoms in total. The van der Waals surface area contributed by atoms with Crippen LogP contribution in [0.3, 0.4) is 0 Å². The minimum Gasteiger partial charge on any atom is -0.497 e. The molecule has 1 aromatic carbocycles. The number of nitrogens with zero attached hydrogens (tertiary/aromatic N) is 2. The smallest absolute Gasteiger partial charge is 0.207 e. The molecule has 1 heterocycles. The highest BCUT2D eigenvalue weighted by atomic mass is 16.5. The van der Waals surface area contributed by atoms with Crippen molar-refractivity contribution in [2.45, 2.75) is 26.8 Å². The largest absolute Gasteiger partial charge is 0.497 e. The molecule has 1 N–H and O–H groups in total. The second kappa shape index (κ2) is 5.12. The summed E-state index contributed by atoms with van der Waals surface area (Å²) in [5, 5.41) is 3.35. The van der Waals surface area contributed by atoms with Gasteiger partial charge >= 0.3 is 0 Å². The van der Waals surface area contributed by atoms with E-state index in [0.717, 1.165) is 22.9 Å². The summed E-state index contributed by atoms with van der Waals surface area (Å²) in [6, 6.07) is 6.34. The highest BCUT2D eigenvalue weighted by Crippen LogP contribution is 2.25. The molecule has 96 valence electrons. The highest BCUT2D eigenvalue weighted by molar-refractivity contribution is 5.61. The summed E-state index contributed by atoms with van der Waals surface area (Å²) in [6.07, 6.45) is 3.78. The van der Waals surface area contributed by atoms with Gasteiger partial charge in [-0.05, 0) is 32.4 Å². The molecule has 0 saturated heterocycles. The summed E-state index contributed by atoms with van der Waals surface area (Å²) in [5.74, 6) is 1.69. The van der Waals surface area contributed by atoms with Crippen molar-refractivity contribution in [2.75, 3.05) is 12.4 Å². The third-order valence-corrected chi connectivity index (χ3v) is 2.92. The van der Waals surface area contributed by atoms with Crippen molar-refractivity contribution in [2.24, 2.45) is 0 Å². The zero-order chi connectivity index (χ0) is 13.1. The molecule has 0 unspecified atom stereocenters. The third-order valence-electron chi connectivity index (χ3n) is 2.92. The topological polar surface area (TPSA) is 39.1 Å². The Bertz CT molecular complexity index is 532. The van der Waals surface area contributed by atoms with E-state index < -0.39 is 0 Å². The van der Waals surface area contributed by atoms with Gasteiger partial charge in [0, 0.05) is 30.2 Å². The lowest BCUT2D eigenvalue weighted by atomic mass is 10.2. The molecule has 2 aromatic rings. The number of rotatable bonds is 4. The van der Waals surface area contributed by atoms with Crippen molar-refractivity contribution in [1.82, 2.24) is 9.55 Å². The normalized spacial score (nSPS) is 10.7. The second-order valence-electron chi connectivity index (χ2n) is 4.56. The third kappa shape index (κ3) is 2.47. The van der Waals surface area contributed by atoms with E-state index in [2.05, 4.69) is 35.6 Å². The lowest BCUT2D eigenvalue weighted by molar-refractivity contribution is 0.415. The van der Waals surface area contributed by atoms with Gasteiger partial charge in [0.1, 0.15) is 5.75 Å². The van der Waals surface area contributed by atoms with Crippen LogP contribution in [0, 0.1) is 6.92 Å². The maximum Gasteiger partial charge on any atom is 0.207 e. The molecule has 0 bridgehead atoms. The summed E-state index contributed by atoms with van der Waals surface area (Å²) < 4.78 is 7.34. The number of methoxy groups -OCH3 is 1. The van der Waals surface area contributed by atoms with Gasteiger partial charge in [-0.3, -0.25) is 0 Å². The van der Waals surface area contributed by atoms with Gasteiger partial charge in [0.2, 0.25) is 5.95 Å². The van der Waals surface area contributed by atoms with Crippen LogP contribution in [0.5, 0.6) is 5.75 Å². The predicted octanol–water partition coefficient (Wildman–Crippen LogP) is 3.52. The van der Waals surface area contributed by atoms with E-state index in [1.807, 2.05) is 24.4 Å². The Kier molecular flexibility index (Phi) is 3.55. The molecule has 0 radical (unpaired) electrons. The van der Waals surface area contributed by atoms with E-state index >= 15 is 0 Å². The van der Waals surface area contributed by atoms with Crippen LogP contribution in [0.4, 0.5) is 11.6 Å². The van der Waals surface area contributed by atoms with Gasteiger partial charge < -0.3 is 14.6 Å². The number of imidazole rings is 1. The molecule has 4 heteroatoms. The fraction of sp³-hybridized carbons (Fsp3) is 0.357. The average molecular weight is 245 g/mol. The molecule has 1 aromatic heterocycles. The zero-order valence-electron chi connectivity index (χ0n) is 11.3. The first-order valence-corrected chi connectivity index (χ1v) is 6.06. The van der Waals surface area contributed by atoms with Crippen LogP contribution < -0.4 is 10.1 Å². The van der Waals surface area contributed by atoms with Crippen LogP contribution in [0.2, 0.25) is 0 Å². The minimum absolute atomic E-state index is 0.376. The van der Waals surface area contributed by atoms with E-state index in [4.69, 9.17) is 4.74 Å². The molecule has 0 aliphatic rings. The van der Waals surface area contributed by atoms with Crippen LogP contribution >= 0.6 is 0 Å². The Morgan fingerprint density at radius 3 is 2.78 bits per heavy atom. The maximum absolute atomic E-state index is 5.24. The number of anilines is 2. The van der Waals surface area contributed by atoms with Gasteiger partial charge in [0.05, 0.1) is 7.11 Å². The minimum atomic E-state index is 0.376. The van der Waals surface area contributed by atoms with Gasteiger partial charge in [-0.25, -0.2) is 4.98 Å². The van der Waals surface area contributed by atoms with Crippen LogP contribution in [0.1, 0.15) is 25.5 Å². The summed E-state index contributed by atoms with van der Waals surface area (Å²) >= 11 is 0. The number of aromatic nitrogens is 2. The maximum atomic E-state index is 5.24.